The summed E-state index contributed by atoms with van der Waals surface area (Å²) < 4.78 is 0.371. The molecule has 0 aromatic heterocycles. The predicted molar refractivity (Wildman–Crippen MR) is 41.4 cm³/mol. The number of halogens is 2. The van der Waals surface area contributed by atoms with Crippen LogP contribution in [0.4, 0.5) is 0 Å². The molecule has 1 aliphatic carbocycles. The third-order valence-corrected chi connectivity index (χ3v) is 1.88. The normalized spacial score (nSPS) is 23.6. The van der Waals surface area contributed by atoms with Crippen LogP contribution < -0.4 is 0 Å². The van der Waals surface area contributed by atoms with E-state index in [4.69, 9.17) is 23.2 Å². The molecule has 2 heteroatoms. The summed E-state index contributed by atoms with van der Waals surface area (Å²) >= 11 is 10.9. The fourth-order valence-electron chi connectivity index (χ4n) is 0.810. The van der Waals surface area contributed by atoms with E-state index in [9.17, 15) is 0 Å². The average Bonchev–Trinajstić information content (AvgIpc) is 2.10. The third kappa shape index (κ3) is 1.87. The molecule has 1 fully saturated rings. The molecule has 1 aliphatic rings. The standard InChI is InChI=1S/C7H9Cl2/c1-7(2)4-5(7)3-6(8)9/h3H,4H2,1-2H3. The first-order valence-corrected chi connectivity index (χ1v) is 3.67. The molecule has 51 valence electrons. The van der Waals surface area contributed by atoms with E-state index in [-0.39, 0.29) is 0 Å². The SMILES string of the molecule is CC1(C)C[C]1C=C(Cl)Cl. The van der Waals surface area contributed by atoms with Gasteiger partial charge in [-0.15, -0.1) is 0 Å². The Hall–Kier alpha value is 0.320. The van der Waals surface area contributed by atoms with Gasteiger partial charge in [0.1, 0.15) is 4.49 Å². The second-order valence-electron chi connectivity index (χ2n) is 3.02. The van der Waals surface area contributed by atoms with Crippen LogP contribution in [0.3, 0.4) is 0 Å². The molecule has 0 saturated heterocycles. The number of allylic oxidation sites excluding steroid dienone is 1. The van der Waals surface area contributed by atoms with Crippen LogP contribution in [-0.4, -0.2) is 0 Å². The van der Waals surface area contributed by atoms with Gasteiger partial charge in [0, 0.05) is 5.92 Å². The molecule has 0 heterocycles. The molecule has 0 spiro atoms. The minimum Gasteiger partial charge on any atom is -0.0712 e. The van der Waals surface area contributed by atoms with Gasteiger partial charge < -0.3 is 0 Å². The Bertz CT molecular complexity index is 143. The Morgan fingerprint density at radius 3 is 2.11 bits per heavy atom. The Labute approximate surface area is 65.8 Å². The molecular weight excluding hydrogens is 155 g/mol. The van der Waals surface area contributed by atoms with E-state index in [0.29, 0.717) is 9.91 Å². The zero-order valence-electron chi connectivity index (χ0n) is 5.54. The van der Waals surface area contributed by atoms with Crippen molar-refractivity contribution in [3.05, 3.63) is 16.5 Å². The molecule has 1 rings (SSSR count). The average molecular weight is 164 g/mol. The van der Waals surface area contributed by atoms with Gasteiger partial charge in [0.05, 0.1) is 0 Å². The molecule has 0 aromatic rings. The van der Waals surface area contributed by atoms with Crippen molar-refractivity contribution >= 4 is 23.2 Å². The van der Waals surface area contributed by atoms with Gasteiger partial charge in [-0.05, 0) is 17.9 Å². The zero-order valence-corrected chi connectivity index (χ0v) is 7.05. The Kier molecular flexibility index (Phi) is 1.79. The zero-order chi connectivity index (χ0) is 7.07. The van der Waals surface area contributed by atoms with Crippen LogP contribution in [-0.2, 0) is 0 Å². The van der Waals surface area contributed by atoms with Crippen LogP contribution >= 0.6 is 23.2 Å². The van der Waals surface area contributed by atoms with E-state index < -0.39 is 0 Å². The van der Waals surface area contributed by atoms with Crippen LogP contribution in [0.15, 0.2) is 10.6 Å². The molecule has 0 N–H and O–H groups in total. The molecule has 0 nitrogen and oxygen atoms in total. The maximum atomic E-state index is 5.45. The van der Waals surface area contributed by atoms with Crippen molar-refractivity contribution in [1.82, 2.24) is 0 Å². The van der Waals surface area contributed by atoms with E-state index in [2.05, 4.69) is 13.8 Å². The van der Waals surface area contributed by atoms with Crippen molar-refractivity contribution in [3.63, 3.8) is 0 Å². The van der Waals surface area contributed by atoms with Gasteiger partial charge in [0.25, 0.3) is 0 Å². The number of hydrogen-bond donors (Lipinski definition) is 0. The van der Waals surface area contributed by atoms with Gasteiger partial charge in [-0.25, -0.2) is 0 Å². The quantitative estimate of drug-likeness (QED) is 0.557. The van der Waals surface area contributed by atoms with Crippen molar-refractivity contribution in [2.24, 2.45) is 5.41 Å². The molecular formula is C7H9Cl2. The predicted octanol–water partition coefficient (Wildman–Crippen LogP) is 3.31. The number of hydrogen-bond acceptors (Lipinski definition) is 0. The van der Waals surface area contributed by atoms with Gasteiger partial charge in [-0.3, -0.25) is 0 Å². The number of rotatable bonds is 1. The fourth-order valence-corrected chi connectivity index (χ4v) is 1.07. The smallest absolute Gasteiger partial charge is 0.0712 e. The van der Waals surface area contributed by atoms with E-state index in [1.54, 1.807) is 0 Å². The summed E-state index contributed by atoms with van der Waals surface area (Å²) in [6, 6.07) is 0. The lowest BCUT2D eigenvalue weighted by molar-refractivity contribution is 0.672. The molecule has 1 saturated carbocycles. The van der Waals surface area contributed by atoms with Gasteiger partial charge in [0.2, 0.25) is 0 Å². The van der Waals surface area contributed by atoms with Crippen LogP contribution in [0.1, 0.15) is 20.3 Å². The summed E-state index contributed by atoms with van der Waals surface area (Å²) in [4.78, 5) is 0. The first-order valence-electron chi connectivity index (χ1n) is 2.91. The van der Waals surface area contributed by atoms with Crippen molar-refractivity contribution < 1.29 is 0 Å². The minimum atomic E-state index is 0.370. The van der Waals surface area contributed by atoms with Crippen molar-refractivity contribution in [2.75, 3.05) is 0 Å². The molecule has 9 heavy (non-hydrogen) atoms. The lowest BCUT2D eigenvalue weighted by Gasteiger charge is -1.94. The van der Waals surface area contributed by atoms with E-state index in [0.717, 1.165) is 6.42 Å². The largest absolute Gasteiger partial charge is 0.103 e. The van der Waals surface area contributed by atoms with Gasteiger partial charge in [0.15, 0.2) is 0 Å². The van der Waals surface area contributed by atoms with Crippen LogP contribution in [0.25, 0.3) is 0 Å². The highest BCUT2D eigenvalue weighted by Gasteiger charge is 2.44. The Morgan fingerprint density at radius 2 is 2.00 bits per heavy atom. The van der Waals surface area contributed by atoms with Gasteiger partial charge in [-0.1, -0.05) is 37.0 Å². The molecule has 0 bridgehead atoms. The lowest BCUT2D eigenvalue weighted by Crippen LogP contribution is -1.83. The fraction of sp³-hybridized carbons (Fsp3) is 0.571. The van der Waals surface area contributed by atoms with Crippen LogP contribution in [0.5, 0.6) is 0 Å². The monoisotopic (exact) mass is 163 g/mol. The van der Waals surface area contributed by atoms with E-state index in [1.807, 2.05) is 6.08 Å². The van der Waals surface area contributed by atoms with Crippen LogP contribution in [0, 0.1) is 11.3 Å². The van der Waals surface area contributed by atoms with Crippen molar-refractivity contribution in [1.29, 1.82) is 0 Å². The lowest BCUT2D eigenvalue weighted by atomic mass is 10.1. The first kappa shape index (κ1) is 7.43. The topological polar surface area (TPSA) is 0 Å². The molecule has 0 atom stereocenters. The Balaban J connectivity index is 2.45. The van der Waals surface area contributed by atoms with E-state index >= 15 is 0 Å². The molecule has 0 unspecified atom stereocenters. The minimum absolute atomic E-state index is 0.370. The highest BCUT2D eigenvalue weighted by Crippen LogP contribution is 2.55. The van der Waals surface area contributed by atoms with E-state index in [1.165, 1.54) is 5.92 Å². The highest BCUT2D eigenvalue weighted by molar-refractivity contribution is 6.56. The van der Waals surface area contributed by atoms with Crippen molar-refractivity contribution in [2.45, 2.75) is 20.3 Å². The van der Waals surface area contributed by atoms with Gasteiger partial charge in [-0.2, -0.15) is 0 Å². The molecule has 0 amide bonds. The second-order valence-corrected chi connectivity index (χ2v) is 4.03. The van der Waals surface area contributed by atoms with Crippen LogP contribution in [0.2, 0.25) is 0 Å². The highest BCUT2D eigenvalue weighted by atomic mass is 35.5. The summed E-state index contributed by atoms with van der Waals surface area (Å²) in [5.41, 5.74) is 0.370. The van der Waals surface area contributed by atoms with Gasteiger partial charge >= 0.3 is 0 Å². The molecule has 0 aromatic carbocycles. The summed E-state index contributed by atoms with van der Waals surface area (Å²) in [5.74, 6) is 1.35. The third-order valence-electron chi connectivity index (χ3n) is 1.66. The Morgan fingerprint density at radius 1 is 1.56 bits per heavy atom. The molecule has 1 radical (unpaired) electrons. The molecule has 0 aliphatic heterocycles. The maximum Gasteiger partial charge on any atom is 0.103 e. The maximum absolute atomic E-state index is 5.45. The second kappa shape index (κ2) is 2.17. The summed E-state index contributed by atoms with van der Waals surface area (Å²) in [6.07, 6.45) is 2.97. The first-order chi connectivity index (χ1) is 4.02. The summed E-state index contributed by atoms with van der Waals surface area (Å²) in [7, 11) is 0. The summed E-state index contributed by atoms with van der Waals surface area (Å²) in [6.45, 7) is 4.35. The van der Waals surface area contributed by atoms with Crippen molar-refractivity contribution in [3.8, 4) is 0 Å². The summed E-state index contributed by atoms with van der Waals surface area (Å²) in [5, 5.41) is 0.